The van der Waals surface area contributed by atoms with Crippen LogP contribution >= 0.6 is 0 Å². The molecule has 10 heteroatoms. The predicted molar refractivity (Wildman–Crippen MR) is 62.2 cm³/mol. The average Bonchev–Trinajstić information content (AvgIpc) is 2.11. The molecule has 1 rings (SSSR count). The molecule has 1 unspecified atom stereocenters. The summed E-state index contributed by atoms with van der Waals surface area (Å²) in [6.07, 6.45) is 3.65. The number of nitrogens with zero attached hydrogens (tertiary/aromatic N) is 2. The summed E-state index contributed by atoms with van der Waals surface area (Å²) < 4.78 is 31.6. The summed E-state index contributed by atoms with van der Waals surface area (Å²) in [4.78, 5) is 1.94. The van der Waals surface area contributed by atoms with E-state index in [1.807, 2.05) is 25.1 Å². The molecular weight excluding hydrogens is 250 g/mol. The highest BCUT2D eigenvalue weighted by atomic mass is 32.3. The highest BCUT2D eigenvalue weighted by molar-refractivity contribution is 7.79. The lowest BCUT2D eigenvalue weighted by Crippen LogP contribution is -2.51. The Morgan fingerprint density at radius 1 is 1.35 bits per heavy atom. The minimum Gasteiger partial charge on any atom is -0.396 e. The molecule has 0 bridgehead atoms. The lowest BCUT2D eigenvalue weighted by Gasteiger charge is -2.34. The fourth-order valence-corrected chi connectivity index (χ4v) is 1.08. The van der Waals surface area contributed by atoms with Gasteiger partial charge in [0.25, 0.3) is 0 Å². The van der Waals surface area contributed by atoms with Gasteiger partial charge in [0.1, 0.15) is 12.0 Å². The predicted octanol–water partition coefficient (Wildman–Crippen LogP) is -1.95. The first-order chi connectivity index (χ1) is 7.54. The van der Waals surface area contributed by atoms with Crippen LogP contribution in [0.3, 0.4) is 0 Å². The first-order valence-corrected chi connectivity index (χ1v) is 5.77. The van der Waals surface area contributed by atoms with Gasteiger partial charge in [-0.15, -0.1) is 0 Å². The Balaban J connectivity index is 0.000000437. The molecular formula is C7H17N5O4S. The van der Waals surface area contributed by atoms with Gasteiger partial charge in [0.05, 0.1) is 5.70 Å². The SMILES string of the molecule is CN(C)C1C=CC(N)=C(N)N1N.O=S(=O)(O)O. The Morgan fingerprint density at radius 2 is 1.76 bits per heavy atom. The molecule has 1 heterocycles. The van der Waals surface area contributed by atoms with Crippen molar-refractivity contribution < 1.29 is 17.5 Å². The van der Waals surface area contributed by atoms with Crippen molar-refractivity contribution in [1.82, 2.24) is 9.91 Å². The van der Waals surface area contributed by atoms with Gasteiger partial charge in [0.2, 0.25) is 0 Å². The average molecular weight is 267 g/mol. The summed E-state index contributed by atoms with van der Waals surface area (Å²) in [6, 6.07) is 0. The van der Waals surface area contributed by atoms with Gasteiger partial charge < -0.3 is 11.5 Å². The smallest absolute Gasteiger partial charge is 0.394 e. The Morgan fingerprint density at radius 3 is 2.12 bits per heavy atom. The van der Waals surface area contributed by atoms with Gasteiger partial charge in [-0.2, -0.15) is 8.42 Å². The molecule has 0 aromatic carbocycles. The van der Waals surface area contributed by atoms with Gasteiger partial charge in [-0.25, -0.2) is 5.84 Å². The summed E-state index contributed by atoms with van der Waals surface area (Å²) in [5.74, 6) is 6.10. The lowest BCUT2D eigenvalue weighted by molar-refractivity contribution is 0.147. The maximum atomic E-state index is 8.74. The zero-order valence-corrected chi connectivity index (χ0v) is 10.3. The molecule has 0 aromatic rings. The summed E-state index contributed by atoms with van der Waals surface area (Å²) in [6.45, 7) is 0. The third-order valence-electron chi connectivity index (χ3n) is 1.84. The van der Waals surface area contributed by atoms with Crippen LogP contribution in [0.15, 0.2) is 23.7 Å². The summed E-state index contributed by atoms with van der Waals surface area (Å²) in [5, 5.41) is 1.44. The second-order valence-electron chi connectivity index (χ2n) is 3.43. The molecule has 0 saturated heterocycles. The first-order valence-electron chi connectivity index (χ1n) is 4.37. The largest absolute Gasteiger partial charge is 0.396 e. The van der Waals surface area contributed by atoms with Gasteiger partial charge in [0, 0.05) is 0 Å². The Hall–Kier alpha value is -1.33. The van der Waals surface area contributed by atoms with Crippen LogP contribution in [0.25, 0.3) is 0 Å². The Labute approximate surface area is 99.7 Å². The maximum Gasteiger partial charge on any atom is 0.394 e. The van der Waals surface area contributed by atoms with Crippen molar-refractivity contribution in [2.24, 2.45) is 17.3 Å². The van der Waals surface area contributed by atoms with E-state index in [0.29, 0.717) is 11.5 Å². The van der Waals surface area contributed by atoms with Crippen molar-refractivity contribution in [3.8, 4) is 0 Å². The van der Waals surface area contributed by atoms with Gasteiger partial charge in [-0.1, -0.05) is 0 Å². The molecule has 1 aliphatic rings. The van der Waals surface area contributed by atoms with Crippen LogP contribution in [0.5, 0.6) is 0 Å². The first kappa shape index (κ1) is 15.7. The van der Waals surface area contributed by atoms with E-state index in [0.717, 1.165) is 0 Å². The zero-order valence-electron chi connectivity index (χ0n) is 9.48. The topological polar surface area (TPSA) is 159 Å². The lowest BCUT2D eigenvalue weighted by atomic mass is 10.2. The summed E-state index contributed by atoms with van der Waals surface area (Å²) in [7, 11) is -0.826. The number of hydrogen-bond donors (Lipinski definition) is 5. The fourth-order valence-electron chi connectivity index (χ4n) is 1.08. The normalized spacial score (nSPS) is 20.4. The van der Waals surface area contributed by atoms with E-state index in [1.54, 1.807) is 6.08 Å². The van der Waals surface area contributed by atoms with Gasteiger partial charge in [-0.05, 0) is 26.2 Å². The number of hydrogen-bond acceptors (Lipinski definition) is 7. The Bertz CT molecular complexity index is 408. The van der Waals surface area contributed by atoms with Crippen LogP contribution in [0.1, 0.15) is 0 Å². The quantitative estimate of drug-likeness (QED) is 0.269. The van der Waals surface area contributed by atoms with E-state index in [2.05, 4.69) is 0 Å². The van der Waals surface area contributed by atoms with Crippen molar-refractivity contribution in [2.45, 2.75) is 6.17 Å². The highest BCUT2D eigenvalue weighted by Crippen LogP contribution is 2.11. The van der Waals surface area contributed by atoms with E-state index in [1.165, 1.54) is 5.01 Å². The minimum absolute atomic E-state index is 0.0164. The van der Waals surface area contributed by atoms with E-state index < -0.39 is 10.4 Å². The molecule has 0 amide bonds. The van der Waals surface area contributed by atoms with Crippen molar-refractivity contribution in [3.05, 3.63) is 23.7 Å². The molecule has 0 saturated carbocycles. The number of nitrogens with two attached hydrogens (primary N) is 3. The molecule has 9 nitrogen and oxygen atoms in total. The second-order valence-corrected chi connectivity index (χ2v) is 4.33. The standard InChI is InChI=1S/C7H15N5.H2O4S/c1-11(2)6-4-3-5(8)7(9)12(6)10;1-5(2,3)4/h3-4,6H,8-10H2,1-2H3;(H2,1,2,3,4). The molecule has 0 aromatic heterocycles. The third-order valence-corrected chi connectivity index (χ3v) is 1.84. The van der Waals surface area contributed by atoms with E-state index in [9.17, 15) is 0 Å². The highest BCUT2D eigenvalue weighted by Gasteiger charge is 2.20. The van der Waals surface area contributed by atoms with Gasteiger partial charge in [0.15, 0.2) is 0 Å². The molecule has 1 atom stereocenters. The van der Waals surface area contributed by atoms with Crippen LogP contribution < -0.4 is 17.3 Å². The molecule has 100 valence electrons. The van der Waals surface area contributed by atoms with Crippen molar-refractivity contribution >= 4 is 10.4 Å². The fraction of sp³-hybridized carbons (Fsp3) is 0.429. The van der Waals surface area contributed by atoms with E-state index >= 15 is 0 Å². The number of rotatable bonds is 1. The zero-order chi connectivity index (χ0) is 13.8. The molecule has 0 spiro atoms. The number of likely N-dealkylation sites (N-methyl/N-ethyl adjacent to an activating group) is 1. The van der Waals surface area contributed by atoms with Crippen molar-refractivity contribution in [3.63, 3.8) is 0 Å². The van der Waals surface area contributed by atoms with Crippen molar-refractivity contribution in [2.75, 3.05) is 14.1 Å². The molecule has 0 aliphatic carbocycles. The van der Waals surface area contributed by atoms with Crippen LogP contribution in [0.2, 0.25) is 0 Å². The molecule has 17 heavy (non-hydrogen) atoms. The van der Waals surface area contributed by atoms with Crippen LogP contribution in [0.4, 0.5) is 0 Å². The summed E-state index contributed by atoms with van der Waals surface area (Å²) >= 11 is 0. The Kier molecular flexibility index (Phi) is 5.38. The maximum absolute atomic E-state index is 8.74. The van der Waals surface area contributed by atoms with Crippen molar-refractivity contribution in [1.29, 1.82) is 0 Å². The van der Waals surface area contributed by atoms with E-state index in [-0.39, 0.29) is 6.17 Å². The van der Waals surface area contributed by atoms with Gasteiger partial charge in [-0.3, -0.25) is 19.0 Å². The molecule has 0 radical (unpaired) electrons. The number of allylic oxidation sites excluding steroid dienone is 1. The number of hydrazine groups is 1. The minimum atomic E-state index is -4.67. The monoisotopic (exact) mass is 267 g/mol. The molecule has 0 fully saturated rings. The van der Waals surface area contributed by atoms with E-state index in [4.69, 9.17) is 34.8 Å². The van der Waals surface area contributed by atoms with Crippen LogP contribution in [-0.2, 0) is 10.4 Å². The van der Waals surface area contributed by atoms with Gasteiger partial charge >= 0.3 is 10.4 Å². The molecule has 8 N–H and O–H groups in total. The second kappa shape index (κ2) is 5.84. The third kappa shape index (κ3) is 6.09. The van der Waals surface area contributed by atoms with Crippen LogP contribution in [0, 0.1) is 0 Å². The summed E-state index contributed by atoms with van der Waals surface area (Å²) in [5.41, 5.74) is 11.7. The van der Waals surface area contributed by atoms with Crippen LogP contribution in [-0.4, -0.2) is 47.7 Å². The molecule has 1 aliphatic heterocycles.